The largest absolute Gasteiger partial charge is 0.296 e. The van der Waals surface area contributed by atoms with Crippen LogP contribution < -0.4 is 0 Å². The zero-order valence-electron chi connectivity index (χ0n) is 7.13. The molecule has 0 aromatic rings. The van der Waals surface area contributed by atoms with Crippen LogP contribution in [0.5, 0.6) is 0 Å². The van der Waals surface area contributed by atoms with Gasteiger partial charge in [-0.2, -0.15) is 0 Å². The topological polar surface area (TPSA) is 3.24 Å². The standard InChI is InChI=1S/C10H17N/c1-3-6-10-7-5-9-11(10)8-4-2/h3-4,10H,1-2,5-9H2/t10-/m1/s1. The molecule has 62 valence electrons. The number of hydrogen-bond donors (Lipinski definition) is 0. The summed E-state index contributed by atoms with van der Waals surface area (Å²) in [4.78, 5) is 2.48. The van der Waals surface area contributed by atoms with Crippen molar-refractivity contribution in [2.24, 2.45) is 0 Å². The second-order valence-electron chi connectivity index (χ2n) is 3.10. The van der Waals surface area contributed by atoms with Gasteiger partial charge in [0.25, 0.3) is 0 Å². The molecule has 0 N–H and O–H groups in total. The van der Waals surface area contributed by atoms with E-state index >= 15 is 0 Å². The lowest BCUT2D eigenvalue weighted by Gasteiger charge is -2.21. The molecule has 0 aliphatic carbocycles. The molecular weight excluding hydrogens is 134 g/mol. The number of likely N-dealkylation sites (tertiary alicyclic amines) is 1. The van der Waals surface area contributed by atoms with Gasteiger partial charge in [-0.1, -0.05) is 12.2 Å². The Labute approximate surface area is 69.4 Å². The van der Waals surface area contributed by atoms with E-state index in [1.165, 1.54) is 19.4 Å². The fourth-order valence-corrected chi connectivity index (χ4v) is 1.76. The Morgan fingerprint density at radius 1 is 1.36 bits per heavy atom. The minimum Gasteiger partial charge on any atom is -0.296 e. The van der Waals surface area contributed by atoms with Crippen molar-refractivity contribution in [2.45, 2.75) is 25.3 Å². The molecule has 0 bridgehead atoms. The van der Waals surface area contributed by atoms with Gasteiger partial charge >= 0.3 is 0 Å². The predicted molar refractivity (Wildman–Crippen MR) is 49.6 cm³/mol. The van der Waals surface area contributed by atoms with Gasteiger partial charge < -0.3 is 0 Å². The average Bonchev–Trinajstić information content (AvgIpc) is 2.39. The number of rotatable bonds is 4. The molecule has 11 heavy (non-hydrogen) atoms. The summed E-state index contributed by atoms with van der Waals surface area (Å²) in [6.45, 7) is 9.80. The Morgan fingerprint density at radius 3 is 2.82 bits per heavy atom. The third-order valence-electron chi connectivity index (χ3n) is 2.30. The van der Waals surface area contributed by atoms with Gasteiger partial charge in [0.1, 0.15) is 0 Å². The molecular formula is C10H17N. The summed E-state index contributed by atoms with van der Waals surface area (Å²) < 4.78 is 0. The van der Waals surface area contributed by atoms with Crippen molar-refractivity contribution in [1.29, 1.82) is 0 Å². The van der Waals surface area contributed by atoms with E-state index < -0.39 is 0 Å². The van der Waals surface area contributed by atoms with E-state index in [4.69, 9.17) is 0 Å². The lowest BCUT2D eigenvalue weighted by Crippen LogP contribution is -2.28. The van der Waals surface area contributed by atoms with Crippen LogP contribution in [-0.2, 0) is 0 Å². The van der Waals surface area contributed by atoms with Crippen LogP contribution in [-0.4, -0.2) is 24.0 Å². The fourth-order valence-electron chi connectivity index (χ4n) is 1.76. The zero-order valence-corrected chi connectivity index (χ0v) is 7.13. The van der Waals surface area contributed by atoms with Gasteiger partial charge in [0.05, 0.1) is 0 Å². The van der Waals surface area contributed by atoms with Crippen molar-refractivity contribution < 1.29 is 0 Å². The Balaban J connectivity index is 2.36. The van der Waals surface area contributed by atoms with E-state index in [0.29, 0.717) is 0 Å². The van der Waals surface area contributed by atoms with Gasteiger partial charge in [0, 0.05) is 12.6 Å². The van der Waals surface area contributed by atoms with Gasteiger partial charge in [-0.15, -0.1) is 13.2 Å². The van der Waals surface area contributed by atoms with Crippen LogP contribution >= 0.6 is 0 Å². The highest BCUT2D eigenvalue weighted by atomic mass is 15.2. The highest BCUT2D eigenvalue weighted by Crippen LogP contribution is 2.19. The first-order chi connectivity index (χ1) is 5.38. The monoisotopic (exact) mass is 151 g/mol. The van der Waals surface area contributed by atoms with Crippen molar-refractivity contribution in [3.8, 4) is 0 Å². The van der Waals surface area contributed by atoms with Gasteiger partial charge in [-0.3, -0.25) is 4.90 Å². The molecule has 1 aliphatic heterocycles. The Bertz CT molecular complexity index is 124. The normalized spacial score (nSPS) is 25.3. The molecule has 1 fully saturated rings. The second-order valence-corrected chi connectivity index (χ2v) is 3.10. The average molecular weight is 151 g/mol. The van der Waals surface area contributed by atoms with Gasteiger partial charge in [0.2, 0.25) is 0 Å². The molecule has 0 radical (unpaired) electrons. The van der Waals surface area contributed by atoms with Crippen molar-refractivity contribution in [2.75, 3.05) is 13.1 Å². The molecule has 1 heterocycles. The molecule has 1 atom stereocenters. The molecule has 1 heteroatoms. The highest BCUT2D eigenvalue weighted by molar-refractivity contribution is 4.88. The van der Waals surface area contributed by atoms with Crippen LogP contribution in [0.2, 0.25) is 0 Å². The molecule has 0 aromatic heterocycles. The van der Waals surface area contributed by atoms with E-state index in [2.05, 4.69) is 18.1 Å². The van der Waals surface area contributed by atoms with E-state index in [1.807, 2.05) is 12.2 Å². The van der Waals surface area contributed by atoms with Crippen molar-refractivity contribution >= 4 is 0 Å². The Kier molecular flexibility index (Phi) is 3.37. The lowest BCUT2D eigenvalue weighted by molar-refractivity contribution is 0.282. The minimum absolute atomic E-state index is 0.741. The third-order valence-corrected chi connectivity index (χ3v) is 2.30. The van der Waals surface area contributed by atoms with Crippen LogP contribution in [0.4, 0.5) is 0 Å². The summed E-state index contributed by atoms with van der Waals surface area (Å²) >= 11 is 0. The summed E-state index contributed by atoms with van der Waals surface area (Å²) in [6.07, 6.45) is 7.81. The molecule has 0 unspecified atom stereocenters. The van der Waals surface area contributed by atoms with Crippen LogP contribution in [0, 0.1) is 0 Å². The molecule has 0 amide bonds. The van der Waals surface area contributed by atoms with Gasteiger partial charge in [0.15, 0.2) is 0 Å². The molecule has 0 aromatic carbocycles. The maximum absolute atomic E-state index is 3.77. The molecule has 1 nitrogen and oxygen atoms in total. The Hall–Kier alpha value is -0.560. The van der Waals surface area contributed by atoms with Gasteiger partial charge in [-0.05, 0) is 25.8 Å². The SMILES string of the molecule is C=CC[C@@H]1CCCN1CC=C. The second kappa shape index (κ2) is 4.35. The van der Waals surface area contributed by atoms with E-state index in [0.717, 1.165) is 19.0 Å². The first-order valence-electron chi connectivity index (χ1n) is 4.34. The van der Waals surface area contributed by atoms with E-state index in [-0.39, 0.29) is 0 Å². The molecule has 0 saturated carbocycles. The first kappa shape index (κ1) is 8.54. The van der Waals surface area contributed by atoms with Crippen LogP contribution in [0.25, 0.3) is 0 Å². The highest BCUT2D eigenvalue weighted by Gasteiger charge is 2.21. The van der Waals surface area contributed by atoms with Crippen molar-refractivity contribution in [3.05, 3.63) is 25.3 Å². The van der Waals surface area contributed by atoms with E-state index in [9.17, 15) is 0 Å². The Morgan fingerprint density at radius 2 is 2.18 bits per heavy atom. The fraction of sp³-hybridized carbons (Fsp3) is 0.600. The summed E-state index contributed by atoms with van der Waals surface area (Å²) in [5.41, 5.74) is 0. The summed E-state index contributed by atoms with van der Waals surface area (Å²) in [5, 5.41) is 0. The maximum atomic E-state index is 3.77. The molecule has 1 rings (SSSR count). The number of nitrogens with zero attached hydrogens (tertiary/aromatic N) is 1. The smallest absolute Gasteiger partial charge is 0.0163 e. The lowest BCUT2D eigenvalue weighted by atomic mass is 10.1. The van der Waals surface area contributed by atoms with Crippen molar-refractivity contribution in [3.63, 3.8) is 0 Å². The van der Waals surface area contributed by atoms with Gasteiger partial charge in [-0.25, -0.2) is 0 Å². The zero-order chi connectivity index (χ0) is 8.10. The summed E-state index contributed by atoms with van der Waals surface area (Å²) in [6, 6.07) is 0.741. The molecule has 0 spiro atoms. The third kappa shape index (κ3) is 2.19. The predicted octanol–water partition coefficient (Wildman–Crippen LogP) is 2.21. The van der Waals surface area contributed by atoms with Crippen LogP contribution in [0.1, 0.15) is 19.3 Å². The maximum Gasteiger partial charge on any atom is 0.0163 e. The van der Waals surface area contributed by atoms with E-state index in [1.54, 1.807) is 0 Å². The molecule has 1 aliphatic rings. The van der Waals surface area contributed by atoms with Crippen molar-refractivity contribution in [1.82, 2.24) is 4.90 Å². The summed E-state index contributed by atoms with van der Waals surface area (Å²) in [7, 11) is 0. The first-order valence-corrected chi connectivity index (χ1v) is 4.34. The quantitative estimate of drug-likeness (QED) is 0.557. The number of hydrogen-bond acceptors (Lipinski definition) is 1. The van der Waals surface area contributed by atoms with Crippen LogP contribution in [0.15, 0.2) is 25.3 Å². The minimum atomic E-state index is 0.741. The summed E-state index contributed by atoms with van der Waals surface area (Å²) in [5.74, 6) is 0. The molecule has 1 saturated heterocycles. The van der Waals surface area contributed by atoms with Crippen LogP contribution in [0.3, 0.4) is 0 Å².